The van der Waals surface area contributed by atoms with E-state index in [1.807, 2.05) is 75.7 Å². The first-order chi connectivity index (χ1) is 12.3. The molecule has 0 fully saturated rings. The molecular weight excluding hydrogens is 358 g/mol. The fourth-order valence-electron chi connectivity index (χ4n) is 4.05. The van der Waals surface area contributed by atoms with E-state index in [9.17, 15) is 9.13 Å². The van der Waals surface area contributed by atoms with Crippen molar-refractivity contribution in [2.75, 3.05) is 13.3 Å². The molecule has 2 nitrogen and oxygen atoms in total. The van der Waals surface area contributed by atoms with E-state index in [-0.39, 0.29) is 5.66 Å². The molecule has 0 bridgehead atoms. The molecule has 1 atom stereocenters. The summed E-state index contributed by atoms with van der Waals surface area (Å²) in [5, 5.41) is 2.70. The van der Waals surface area contributed by atoms with Crippen molar-refractivity contribution in [2.45, 2.75) is 38.8 Å². The Morgan fingerprint density at radius 3 is 1.81 bits per heavy atom. The van der Waals surface area contributed by atoms with E-state index in [0.29, 0.717) is 0 Å². The van der Waals surface area contributed by atoms with E-state index in [2.05, 4.69) is 6.08 Å². The maximum atomic E-state index is 14.9. The van der Waals surface area contributed by atoms with Crippen molar-refractivity contribution in [3.05, 3.63) is 71.0 Å². The highest BCUT2D eigenvalue weighted by atomic mass is 31.2. The van der Waals surface area contributed by atoms with Crippen LogP contribution in [0.25, 0.3) is 0 Å². The summed E-state index contributed by atoms with van der Waals surface area (Å²) in [4.78, 5) is 0. The highest BCUT2D eigenvalue weighted by molar-refractivity contribution is 7.83. The molecule has 0 radical (unpaired) electrons. The summed E-state index contributed by atoms with van der Waals surface area (Å²) in [6, 6.07) is 15.9. The topological polar surface area (TPSA) is 34.1 Å². The molecule has 0 amide bonds. The van der Waals surface area contributed by atoms with Crippen LogP contribution in [0.3, 0.4) is 0 Å². The van der Waals surface area contributed by atoms with Gasteiger partial charge in [0.2, 0.25) is 0 Å². The van der Waals surface area contributed by atoms with E-state index >= 15 is 0 Å². The second-order valence-corrected chi connectivity index (χ2v) is 13.9. The summed E-state index contributed by atoms with van der Waals surface area (Å²) in [5.41, 5.74) is 1.97. The van der Waals surface area contributed by atoms with Gasteiger partial charge in [-0.1, -0.05) is 54.6 Å². The highest BCUT2D eigenvalue weighted by Crippen LogP contribution is 2.63. The van der Waals surface area contributed by atoms with Gasteiger partial charge >= 0.3 is 0 Å². The molecule has 2 aromatic carbocycles. The van der Waals surface area contributed by atoms with E-state index in [4.69, 9.17) is 0 Å². The average Bonchev–Trinajstić information content (AvgIpc) is 2.61. The lowest BCUT2D eigenvalue weighted by atomic mass is 10.1. The van der Waals surface area contributed by atoms with Gasteiger partial charge in [0, 0.05) is 21.6 Å². The SMILES string of the molecule is Cc1ccccc1P(=O)(C1=CCCCC1P(C)(C)=O)c1ccccc1C. The molecule has 2 aromatic rings. The Kier molecular flexibility index (Phi) is 5.48. The van der Waals surface area contributed by atoms with Crippen LogP contribution >= 0.6 is 14.3 Å². The molecule has 0 saturated heterocycles. The zero-order chi connectivity index (χ0) is 18.9. The number of aryl methyl sites for hydroxylation is 2. The molecule has 0 spiro atoms. The van der Waals surface area contributed by atoms with Gasteiger partial charge in [-0.25, -0.2) is 0 Å². The minimum Gasteiger partial charge on any atom is -0.323 e. The molecule has 1 aliphatic rings. The fourth-order valence-corrected chi connectivity index (χ4v) is 10.4. The lowest BCUT2D eigenvalue weighted by Gasteiger charge is -2.34. The zero-order valence-electron chi connectivity index (χ0n) is 16.1. The van der Waals surface area contributed by atoms with Crippen molar-refractivity contribution in [3.8, 4) is 0 Å². The average molecular weight is 386 g/mol. The van der Waals surface area contributed by atoms with Gasteiger partial charge < -0.3 is 9.13 Å². The Balaban J connectivity index is 2.34. The largest absolute Gasteiger partial charge is 0.323 e. The van der Waals surface area contributed by atoms with Crippen LogP contribution in [0.4, 0.5) is 0 Å². The Labute approximate surface area is 157 Å². The monoisotopic (exact) mass is 386 g/mol. The maximum Gasteiger partial charge on any atom is 0.168 e. The van der Waals surface area contributed by atoms with Crippen molar-refractivity contribution in [1.29, 1.82) is 0 Å². The quantitative estimate of drug-likeness (QED) is 0.634. The number of benzene rings is 2. The number of hydrogen-bond donors (Lipinski definition) is 0. The molecule has 138 valence electrons. The minimum absolute atomic E-state index is 0.0960. The predicted octanol–water partition coefficient (Wildman–Crippen LogP) is 5.68. The second-order valence-electron chi connectivity index (χ2n) is 7.69. The van der Waals surface area contributed by atoms with E-state index < -0.39 is 14.3 Å². The van der Waals surface area contributed by atoms with Crippen molar-refractivity contribution < 1.29 is 9.13 Å². The molecule has 26 heavy (non-hydrogen) atoms. The van der Waals surface area contributed by atoms with Crippen molar-refractivity contribution in [3.63, 3.8) is 0 Å². The van der Waals surface area contributed by atoms with Crippen LogP contribution in [-0.2, 0) is 9.13 Å². The predicted molar refractivity (Wildman–Crippen MR) is 114 cm³/mol. The van der Waals surface area contributed by atoms with Crippen molar-refractivity contribution in [2.24, 2.45) is 0 Å². The highest BCUT2D eigenvalue weighted by Gasteiger charge is 2.42. The molecule has 0 N–H and O–H groups in total. The third-order valence-corrected chi connectivity index (χ3v) is 11.2. The lowest BCUT2D eigenvalue weighted by Crippen LogP contribution is -2.27. The van der Waals surface area contributed by atoms with Crippen LogP contribution in [0.5, 0.6) is 0 Å². The minimum atomic E-state index is -3.04. The molecule has 0 aliphatic heterocycles. The summed E-state index contributed by atoms with van der Waals surface area (Å²) in [7, 11) is -5.44. The van der Waals surface area contributed by atoms with Crippen LogP contribution < -0.4 is 10.6 Å². The van der Waals surface area contributed by atoms with Crippen LogP contribution in [0.2, 0.25) is 0 Å². The van der Waals surface area contributed by atoms with E-state index in [1.54, 1.807) is 0 Å². The van der Waals surface area contributed by atoms with Gasteiger partial charge in [-0.2, -0.15) is 0 Å². The van der Waals surface area contributed by atoms with Crippen LogP contribution in [0, 0.1) is 13.8 Å². The van der Waals surface area contributed by atoms with Gasteiger partial charge in [0.15, 0.2) is 7.14 Å². The van der Waals surface area contributed by atoms with Gasteiger partial charge in [0.25, 0.3) is 0 Å². The fraction of sp³-hybridized carbons (Fsp3) is 0.364. The van der Waals surface area contributed by atoms with Gasteiger partial charge in [0.05, 0.1) is 7.14 Å². The molecule has 4 heteroatoms. The van der Waals surface area contributed by atoms with Crippen molar-refractivity contribution >= 4 is 24.9 Å². The van der Waals surface area contributed by atoms with Gasteiger partial charge in [-0.3, -0.25) is 0 Å². The second kappa shape index (κ2) is 7.34. The molecule has 1 aliphatic carbocycles. The molecular formula is C22H28O2P2. The normalized spacial score (nSPS) is 18.5. The standard InChI is InChI=1S/C22H28O2P2/c1-17-11-5-7-13-19(17)26(24,20-14-8-6-12-18(20)2)22-16-10-9-15-21(22)25(3,4)23/h5-8,11-14,16,21H,9-10,15H2,1-4H3. The molecule has 0 heterocycles. The maximum absolute atomic E-state index is 14.9. The number of rotatable bonds is 4. The van der Waals surface area contributed by atoms with E-state index in [1.165, 1.54) is 0 Å². The third kappa shape index (κ3) is 3.42. The Morgan fingerprint density at radius 1 is 0.846 bits per heavy atom. The summed E-state index contributed by atoms with van der Waals surface area (Å²) < 4.78 is 28.0. The van der Waals surface area contributed by atoms with Crippen LogP contribution in [0.1, 0.15) is 30.4 Å². The summed E-state index contributed by atoms with van der Waals surface area (Å²) >= 11 is 0. The molecule has 3 rings (SSSR count). The smallest absolute Gasteiger partial charge is 0.168 e. The Bertz CT molecular complexity index is 887. The van der Waals surface area contributed by atoms with Gasteiger partial charge in [0.1, 0.15) is 0 Å². The first kappa shape index (κ1) is 19.4. The number of allylic oxidation sites excluding steroid dienone is 2. The summed E-state index contributed by atoms with van der Waals surface area (Å²) in [6.45, 7) is 7.74. The van der Waals surface area contributed by atoms with Crippen molar-refractivity contribution in [1.82, 2.24) is 0 Å². The van der Waals surface area contributed by atoms with Gasteiger partial charge in [-0.05, 0) is 57.6 Å². The van der Waals surface area contributed by atoms with Crippen LogP contribution in [0.15, 0.2) is 59.9 Å². The van der Waals surface area contributed by atoms with E-state index in [0.717, 1.165) is 46.3 Å². The first-order valence-electron chi connectivity index (χ1n) is 9.24. The molecule has 1 unspecified atom stereocenters. The zero-order valence-corrected chi connectivity index (χ0v) is 17.9. The number of hydrogen-bond acceptors (Lipinski definition) is 2. The Morgan fingerprint density at radius 2 is 1.35 bits per heavy atom. The summed E-state index contributed by atoms with van der Waals surface area (Å²) in [5.74, 6) is 0. The molecule has 0 saturated carbocycles. The van der Waals surface area contributed by atoms with Crippen LogP contribution in [-0.4, -0.2) is 19.0 Å². The lowest BCUT2D eigenvalue weighted by molar-refractivity contribution is 0.564. The van der Waals surface area contributed by atoms with Gasteiger partial charge in [-0.15, -0.1) is 0 Å². The third-order valence-electron chi connectivity index (χ3n) is 5.40. The first-order valence-corrected chi connectivity index (χ1v) is 13.6. The Hall–Kier alpha value is -1.36. The summed E-state index contributed by atoms with van der Waals surface area (Å²) in [6.07, 6.45) is 4.92. The molecule has 0 aromatic heterocycles.